The lowest BCUT2D eigenvalue weighted by Gasteiger charge is -2.24. The van der Waals surface area contributed by atoms with E-state index in [1.165, 1.54) is 25.7 Å². The van der Waals surface area contributed by atoms with E-state index in [0.717, 1.165) is 23.7 Å². The Bertz CT molecular complexity index is 424. The second-order valence-corrected chi connectivity index (χ2v) is 4.76. The molecule has 2 heteroatoms. The van der Waals surface area contributed by atoms with Crippen LogP contribution in [0.3, 0.4) is 0 Å². The summed E-state index contributed by atoms with van der Waals surface area (Å²) in [4.78, 5) is 0. The first-order valence-electron chi connectivity index (χ1n) is 6.65. The Hall–Kier alpha value is -1.30. The van der Waals surface area contributed by atoms with E-state index in [2.05, 4.69) is 11.8 Å². The van der Waals surface area contributed by atoms with Crippen molar-refractivity contribution >= 4 is 0 Å². The Balaban J connectivity index is 1.80. The van der Waals surface area contributed by atoms with Crippen LogP contribution in [0.2, 0.25) is 0 Å². The van der Waals surface area contributed by atoms with Gasteiger partial charge in [-0.1, -0.05) is 49.3 Å². The van der Waals surface area contributed by atoms with Gasteiger partial charge in [0, 0.05) is 12.2 Å². The quantitative estimate of drug-likeness (QED) is 0.637. The largest absolute Gasteiger partial charge is 0.384 e. The minimum Gasteiger partial charge on any atom is -0.384 e. The maximum atomic E-state index is 8.72. The molecule has 18 heavy (non-hydrogen) atoms. The molecule has 0 unspecified atom stereocenters. The van der Waals surface area contributed by atoms with E-state index < -0.39 is 0 Å². The summed E-state index contributed by atoms with van der Waals surface area (Å²) in [5.41, 5.74) is 2.06. The predicted molar refractivity (Wildman–Crippen MR) is 72.0 cm³/mol. The monoisotopic (exact) mass is 244 g/mol. The number of aliphatic hydroxyl groups is 1. The molecule has 0 atom stereocenters. The Morgan fingerprint density at radius 1 is 1.28 bits per heavy atom. The second-order valence-electron chi connectivity index (χ2n) is 4.76. The lowest BCUT2D eigenvalue weighted by atomic mass is 9.83. The van der Waals surface area contributed by atoms with Gasteiger partial charge < -0.3 is 9.84 Å². The van der Waals surface area contributed by atoms with E-state index in [9.17, 15) is 0 Å². The molecule has 1 fully saturated rings. The Morgan fingerprint density at radius 2 is 2.11 bits per heavy atom. The van der Waals surface area contributed by atoms with Gasteiger partial charge >= 0.3 is 0 Å². The maximum absolute atomic E-state index is 8.72. The molecule has 1 aliphatic carbocycles. The van der Waals surface area contributed by atoms with Gasteiger partial charge in [-0.05, 0) is 24.0 Å². The zero-order valence-corrected chi connectivity index (χ0v) is 10.7. The normalized spacial score (nSPS) is 14.7. The topological polar surface area (TPSA) is 29.5 Å². The van der Waals surface area contributed by atoms with Gasteiger partial charge in [-0.3, -0.25) is 0 Å². The number of rotatable bonds is 5. The highest BCUT2D eigenvalue weighted by molar-refractivity contribution is 5.40. The van der Waals surface area contributed by atoms with Crippen LogP contribution in [-0.4, -0.2) is 18.3 Å². The SMILES string of the molecule is OCC#Cc1ccccc1COCCC1CCC1. The molecule has 1 aromatic carbocycles. The van der Waals surface area contributed by atoms with Crippen molar-refractivity contribution in [1.82, 2.24) is 0 Å². The van der Waals surface area contributed by atoms with Crippen molar-refractivity contribution in [2.45, 2.75) is 32.3 Å². The first-order valence-corrected chi connectivity index (χ1v) is 6.65. The van der Waals surface area contributed by atoms with E-state index in [1.807, 2.05) is 24.3 Å². The highest BCUT2D eigenvalue weighted by Crippen LogP contribution is 2.29. The molecule has 96 valence electrons. The van der Waals surface area contributed by atoms with Crippen molar-refractivity contribution in [1.29, 1.82) is 0 Å². The highest BCUT2D eigenvalue weighted by Gasteiger charge is 2.16. The molecule has 1 saturated carbocycles. The summed E-state index contributed by atoms with van der Waals surface area (Å²) in [6.45, 7) is 1.35. The van der Waals surface area contributed by atoms with Crippen LogP contribution in [0.15, 0.2) is 24.3 Å². The summed E-state index contributed by atoms with van der Waals surface area (Å²) in [5.74, 6) is 6.53. The van der Waals surface area contributed by atoms with Crippen LogP contribution in [-0.2, 0) is 11.3 Å². The van der Waals surface area contributed by atoms with E-state index in [0.29, 0.717) is 6.61 Å². The highest BCUT2D eigenvalue weighted by atomic mass is 16.5. The molecule has 1 aliphatic rings. The lowest BCUT2D eigenvalue weighted by molar-refractivity contribution is 0.0949. The molecule has 0 heterocycles. The van der Waals surface area contributed by atoms with Crippen LogP contribution in [0, 0.1) is 17.8 Å². The third kappa shape index (κ3) is 3.87. The van der Waals surface area contributed by atoms with Gasteiger partial charge in [-0.2, -0.15) is 0 Å². The fraction of sp³-hybridized carbons (Fsp3) is 0.500. The van der Waals surface area contributed by atoms with Gasteiger partial charge in [0.1, 0.15) is 6.61 Å². The fourth-order valence-corrected chi connectivity index (χ4v) is 2.12. The number of aliphatic hydroxyl groups excluding tert-OH is 1. The zero-order chi connectivity index (χ0) is 12.6. The van der Waals surface area contributed by atoms with Crippen molar-refractivity contribution in [3.05, 3.63) is 35.4 Å². The molecule has 0 saturated heterocycles. The van der Waals surface area contributed by atoms with E-state index in [1.54, 1.807) is 0 Å². The van der Waals surface area contributed by atoms with Gasteiger partial charge in [-0.25, -0.2) is 0 Å². The number of ether oxygens (including phenoxy) is 1. The van der Waals surface area contributed by atoms with Crippen LogP contribution in [0.4, 0.5) is 0 Å². The molecular weight excluding hydrogens is 224 g/mol. The van der Waals surface area contributed by atoms with Crippen molar-refractivity contribution in [2.24, 2.45) is 5.92 Å². The predicted octanol–water partition coefficient (Wildman–Crippen LogP) is 2.74. The van der Waals surface area contributed by atoms with E-state index in [4.69, 9.17) is 9.84 Å². The van der Waals surface area contributed by atoms with Gasteiger partial charge in [0.25, 0.3) is 0 Å². The summed E-state index contributed by atoms with van der Waals surface area (Å²) in [6, 6.07) is 7.95. The number of hydrogen-bond donors (Lipinski definition) is 1. The molecule has 1 aromatic rings. The van der Waals surface area contributed by atoms with Crippen LogP contribution in [0.25, 0.3) is 0 Å². The summed E-state index contributed by atoms with van der Waals surface area (Å²) in [6.07, 6.45) is 5.33. The molecule has 1 N–H and O–H groups in total. The van der Waals surface area contributed by atoms with E-state index >= 15 is 0 Å². The molecule has 0 radical (unpaired) electrons. The Morgan fingerprint density at radius 3 is 2.83 bits per heavy atom. The smallest absolute Gasteiger partial charge is 0.104 e. The van der Waals surface area contributed by atoms with Crippen LogP contribution < -0.4 is 0 Å². The standard InChI is InChI=1S/C16H20O2/c17-11-4-9-15-7-1-2-8-16(15)13-18-12-10-14-5-3-6-14/h1-2,7-8,14,17H,3,5-6,10-13H2. The summed E-state index contributed by atoms with van der Waals surface area (Å²) in [5, 5.41) is 8.72. The summed E-state index contributed by atoms with van der Waals surface area (Å²) < 4.78 is 5.72. The molecule has 0 bridgehead atoms. The van der Waals surface area contributed by atoms with Crippen LogP contribution in [0.1, 0.15) is 36.8 Å². The van der Waals surface area contributed by atoms with Gasteiger partial charge in [0.05, 0.1) is 6.61 Å². The van der Waals surface area contributed by atoms with Crippen molar-refractivity contribution in [3.63, 3.8) is 0 Å². The minimum absolute atomic E-state index is 0.100. The molecular formula is C16H20O2. The van der Waals surface area contributed by atoms with Crippen molar-refractivity contribution in [3.8, 4) is 11.8 Å². The van der Waals surface area contributed by atoms with Gasteiger partial charge in [0.2, 0.25) is 0 Å². The molecule has 0 aliphatic heterocycles. The average molecular weight is 244 g/mol. The Labute approximate surface area is 109 Å². The molecule has 0 amide bonds. The average Bonchev–Trinajstić information content (AvgIpc) is 2.35. The lowest BCUT2D eigenvalue weighted by Crippen LogP contribution is -2.13. The first-order chi connectivity index (χ1) is 8.90. The first kappa shape index (κ1) is 13.1. The van der Waals surface area contributed by atoms with Crippen molar-refractivity contribution < 1.29 is 9.84 Å². The summed E-state index contributed by atoms with van der Waals surface area (Å²) in [7, 11) is 0. The number of hydrogen-bond acceptors (Lipinski definition) is 2. The van der Waals surface area contributed by atoms with Gasteiger partial charge in [0.15, 0.2) is 0 Å². The molecule has 0 spiro atoms. The second kappa shape index (κ2) is 7.20. The zero-order valence-electron chi connectivity index (χ0n) is 10.7. The van der Waals surface area contributed by atoms with Crippen LogP contribution >= 0.6 is 0 Å². The minimum atomic E-state index is -0.100. The molecule has 0 aromatic heterocycles. The summed E-state index contributed by atoms with van der Waals surface area (Å²) >= 11 is 0. The molecule has 2 rings (SSSR count). The third-order valence-electron chi connectivity index (χ3n) is 3.47. The Kier molecular flexibility index (Phi) is 5.26. The third-order valence-corrected chi connectivity index (χ3v) is 3.47. The molecule has 2 nitrogen and oxygen atoms in total. The van der Waals surface area contributed by atoms with Crippen LogP contribution in [0.5, 0.6) is 0 Å². The van der Waals surface area contributed by atoms with Gasteiger partial charge in [-0.15, -0.1) is 0 Å². The van der Waals surface area contributed by atoms with Crippen molar-refractivity contribution in [2.75, 3.05) is 13.2 Å². The van der Waals surface area contributed by atoms with E-state index in [-0.39, 0.29) is 6.61 Å². The maximum Gasteiger partial charge on any atom is 0.104 e. The fourth-order valence-electron chi connectivity index (χ4n) is 2.12. The number of benzene rings is 1.